The van der Waals surface area contributed by atoms with E-state index in [0.29, 0.717) is 6.42 Å². The molecule has 4 N–H and O–H groups in total. The molecule has 1 saturated carbocycles. The lowest BCUT2D eigenvalue weighted by Crippen LogP contribution is -2.30. The Balaban J connectivity index is 0.994. The number of fused-ring (bicyclic) bond motifs is 1. The van der Waals surface area contributed by atoms with Crippen molar-refractivity contribution in [3.05, 3.63) is 77.7 Å². The number of aliphatic hydroxyl groups excluding tert-OH is 1. The predicted octanol–water partition coefficient (Wildman–Crippen LogP) is 5.04. The van der Waals surface area contributed by atoms with Crippen LogP contribution in [0.15, 0.2) is 66.9 Å². The summed E-state index contributed by atoms with van der Waals surface area (Å²) in [7, 11) is 1.83. The smallest absolute Gasteiger partial charge is 0.226 e. The van der Waals surface area contributed by atoms with Crippen LogP contribution in [0.5, 0.6) is 11.5 Å². The van der Waals surface area contributed by atoms with Crippen molar-refractivity contribution >= 4 is 28.5 Å². The van der Waals surface area contributed by atoms with Gasteiger partial charge in [-0.25, -0.2) is 4.98 Å². The number of halogens is 1. The number of ether oxygens (including phenoxy) is 1. The van der Waals surface area contributed by atoms with Crippen LogP contribution < -0.4 is 20.7 Å². The van der Waals surface area contributed by atoms with E-state index in [1.54, 1.807) is 0 Å². The van der Waals surface area contributed by atoms with Gasteiger partial charge in [0.05, 0.1) is 11.5 Å². The molecular formula is C30H37ClN6O2. The summed E-state index contributed by atoms with van der Waals surface area (Å²) in [4.78, 5) is 8.72. The van der Waals surface area contributed by atoms with Crippen LogP contribution in [-0.2, 0) is 6.42 Å². The lowest BCUT2D eigenvalue weighted by molar-refractivity contribution is 0.130. The van der Waals surface area contributed by atoms with Gasteiger partial charge in [0.25, 0.3) is 0 Å². The van der Waals surface area contributed by atoms with E-state index < -0.39 is 0 Å². The zero-order valence-corrected chi connectivity index (χ0v) is 23.1. The van der Waals surface area contributed by atoms with Crippen molar-refractivity contribution in [1.82, 2.24) is 25.2 Å². The molecule has 0 unspecified atom stereocenters. The van der Waals surface area contributed by atoms with Gasteiger partial charge >= 0.3 is 0 Å². The maximum Gasteiger partial charge on any atom is 0.226 e. The molecule has 0 bridgehead atoms. The quantitative estimate of drug-likeness (QED) is 0.137. The minimum absolute atomic E-state index is 0.193. The standard InChI is InChI=1S/C30H37ClN6O2/c1-32-28-26-12-16-37(29(26)36-30(31)35-28)23-18-22(27(38)19-23)20-34-14-6-13-33-15-11-21-7-5-10-25(17-21)39-24-8-3-2-4-9-24/h2-5,7-10,12,16-17,22-23,27,33-34,38H,6,11,13-15,18-20H2,1H3,(H,32,35,36)/t22-,23-,27+/m1/s1. The second-order valence-electron chi connectivity index (χ2n) is 10.1. The Morgan fingerprint density at radius 3 is 2.64 bits per heavy atom. The molecule has 5 rings (SSSR count). The lowest BCUT2D eigenvalue weighted by atomic mass is 10.1. The third-order valence-electron chi connectivity index (χ3n) is 7.39. The van der Waals surface area contributed by atoms with E-state index in [4.69, 9.17) is 16.3 Å². The molecule has 1 fully saturated rings. The van der Waals surface area contributed by atoms with Crippen molar-refractivity contribution in [1.29, 1.82) is 0 Å². The summed E-state index contributed by atoms with van der Waals surface area (Å²) in [6, 6.07) is 20.3. The van der Waals surface area contributed by atoms with Gasteiger partial charge in [0.2, 0.25) is 5.28 Å². The number of hydrogen-bond acceptors (Lipinski definition) is 7. The highest BCUT2D eigenvalue weighted by Crippen LogP contribution is 2.37. The van der Waals surface area contributed by atoms with Crippen LogP contribution in [-0.4, -0.2) is 59.0 Å². The fourth-order valence-electron chi connectivity index (χ4n) is 5.39. The van der Waals surface area contributed by atoms with Crippen molar-refractivity contribution in [3.63, 3.8) is 0 Å². The molecule has 0 aliphatic heterocycles. The van der Waals surface area contributed by atoms with Gasteiger partial charge in [-0.05, 0) is 98.7 Å². The van der Waals surface area contributed by atoms with Gasteiger partial charge in [0.1, 0.15) is 23.0 Å². The van der Waals surface area contributed by atoms with Crippen LogP contribution in [0.4, 0.5) is 5.82 Å². The summed E-state index contributed by atoms with van der Waals surface area (Å²) < 4.78 is 8.08. The molecule has 206 valence electrons. The number of aliphatic hydroxyl groups is 1. The van der Waals surface area contributed by atoms with Gasteiger partial charge in [-0.1, -0.05) is 30.3 Å². The molecule has 3 atom stereocenters. The average Bonchev–Trinajstić information content (AvgIpc) is 3.53. The van der Waals surface area contributed by atoms with Gasteiger partial charge in [-0.3, -0.25) is 0 Å². The number of anilines is 1. The first-order chi connectivity index (χ1) is 19.1. The summed E-state index contributed by atoms with van der Waals surface area (Å²) in [5, 5.41) is 22.1. The van der Waals surface area contributed by atoms with E-state index in [1.165, 1.54) is 5.56 Å². The van der Waals surface area contributed by atoms with Crippen molar-refractivity contribution in [3.8, 4) is 11.5 Å². The molecule has 8 nitrogen and oxygen atoms in total. The molecule has 2 aromatic heterocycles. The topological polar surface area (TPSA) is 96.3 Å². The number of para-hydroxylation sites is 1. The molecule has 0 saturated heterocycles. The molecule has 9 heteroatoms. The normalized spacial score (nSPS) is 19.0. The molecule has 0 radical (unpaired) electrons. The SMILES string of the molecule is CNc1nc(Cl)nc2c1ccn2[C@@H]1C[C@H](CNCCCNCCc2cccc(Oc3ccccc3)c2)[C@@H](O)C1. The zero-order valence-electron chi connectivity index (χ0n) is 22.3. The minimum Gasteiger partial charge on any atom is -0.457 e. The largest absolute Gasteiger partial charge is 0.457 e. The van der Waals surface area contributed by atoms with E-state index in [2.05, 4.69) is 42.6 Å². The van der Waals surface area contributed by atoms with Crippen LogP contribution in [0, 0.1) is 5.92 Å². The second-order valence-corrected chi connectivity index (χ2v) is 10.5. The number of hydrogen-bond donors (Lipinski definition) is 4. The molecule has 2 aromatic carbocycles. The first-order valence-electron chi connectivity index (χ1n) is 13.7. The summed E-state index contributed by atoms with van der Waals surface area (Å²) in [6.07, 6.45) is 5.30. The van der Waals surface area contributed by atoms with Crippen LogP contribution in [0.2, 0.25) is 5.28 Å². The third kappa shape index (κ3) is 7.08. The molecule has 0 amide bonds. The number of nitrogens with one attached hydrogen (secondary N) is 3. The number of benzene rings is 2. The van der Waals surface area contributed by atoms with Crippen molar-refractivity contribution < 1.29 is 9.84 Å². The maximum absolute atomic E-state index is 10.7. The van der Waals surface area contributed by atoms with Gasteiger partial charge in [-0.2, -0.15) is 4.98 Å². The minimum atomic E-state index is -0.333. The monoisotopic (exact) mass is 548 g/mol. The van der Waals surface area contributed by atoms with E-state index >= 15 is 0 Å². The van der Waals surface area contributed by atoms with Crippen LogP contribution >= 0.6 is 11.6 Å². The number of rotatable bonds is 13. The molecule has 1 aliphatic carbocycles. The molecule has 4 aromatic rings. The summed E-state index contributed by atoms with van der Waals surface area (Å²) in [6.45, 7) is 3.60. The van der Waals surface area contributed by atoms with Gasteiger partial charge in [0.15, 0.2) is 0 Å². The zero-order chi connectivity index (χ0) is 27.0. The summed E-state index contributed by atoms with van der Waals surface area (Å²) in [5.41, 5.74) is 2.07. The average molecular weight is 549 g/mol. The maximum atomic E-state index is 10.7. The summed E-state index contributed by atoms with van der Waals surface area (Å²) >= 11 is 6.14. The molecule has 0 spiro atoms. The molecule has 1 aliphatic rings. The Morgan fingerprint density at radius 1 is 0.974 bits per heavy atom. The Morgan fingerprint density at radius 2 is 1.79 bits per heavy atom. The summed E-state index contributed by atoms with van der Waals surface area (Å²) in [5.74, 6) is 2.65. The van der Waals surface area contributed by atoms with E-state index in [1.807, 2.05) is 61.8 Å². The first kappa shape index (κ1) is 27.4. The van der Waals surface area contributed by atoms with Crippen LogP contribution in [0.3, 0.4) is 0 Å². The van der Waals surface area contributed by atoms with Crippen molar-refractivity contribution in [2.24, 2.45) is 5.92 Å². The fraction of sp³-hybridized carbons (Fsp3) is 0.400. The van der Waals surface area contributed by atoms with Crippen LogP contribution in [0.1, 0.15) is 30.9 Å². The Kier molecular flexibility index (Phi) is 9.32. The lowest BCUT2D eigenvalue weighted by Gasteiger charge is -2.16. The van der Waals surface area contributed by atoms with Gasteiger partial charge < -0.3 is 30.4 Å². The second kappa shape index (κ2) is 13.3. The van der Waals surface area contributed by atoms with Gasteiger partial charge in [-0.15, -0.1) is 0 Å². The number of nitrogens with zero attached hydrogens (tertiary/aromatic N) is 3. The van der Waals surface area contributed by atoms with Crippen molar-refractivity contribution in [2.75, 3.05) is 38.5 Å². The highest BCUT2D eigenvalue weighted by atomic mass is 35.5. The third-order valence-corrected chi connectivity index (χ3v) is 7.56. The Bertz CT molecular complexity index is 1350. The molecule has 39 heavy (non-hydrogen) atoms. The van der Waals surface area contributed by atoms with E-state index in [-0.39, 0.29) is 23.3 Å². The molecule has 2 heterocycles. The predicted molar refractivity (Wildman–Crippen MR) is 157 cm³/mol. The Hall–Kier alpha value is -3.17. The highest BCUT2D eigenvalue weighted by Gasteiger charge is 2.34. The van der Waals surface area contributed by atoms with E-state index in [0.717, 1.165) is 73.8 Å². The van der Waals surface area contributed by atoms with Gasteiger partial charge in [0, 0.05) is 25.8 Å². The first-order valence-corrected chi connectivity index (χ1v) is 14.1. The fourth-order valence-corrected chi connectivity index (χ4v) is 5.55. The number of aromatic nitrogens is 3. The van der Waals surface area contributed by atoms with E-state index in [9.17, 15) is 5.11 Å². The highest BCUT2D eigenvalue weighted by molar-refractivity contribution is 6.28. The molecular weight excluding hydrogens is 512 g/mol. The Labute approximate surface area is 234 Å². The van der Waals surface area contributed by atoms with Crippen LogP contribution in [0.25, 0.3) is 11.0 Å². The van der Waals surface area contributed by atoms with Crippen molar-refractivity contribution in [2.45, 2.75) is 37.8 Å².